The Bertz CT molecular complexity index is 1100. The van der Waals surface area contributed by atoms with Crippen LogP contribution in [0.5, 0.6) is 5.75 Å². The number of aromatic nitrogens is 2. The first-order chi connectivity index (χ1) is 12.9. The maximum atomic E-state index is 13.0. The van der Waals surface area contributed by atoms with Crippen LogP contribution in [0, 0.1) is 0 Å². The number of aromatic hydroxyl groups is 1. The number of phenolic OH excluding ortho intramolecular Hbond substituents is 1. The van der Waals surface area contributed by atoms with Crippen molar-refractivity contribution in [2.24, 2.45) is 5.10 Å². The van der Waals surface area contributed by atoms with Crippen molar-refractivity contribution in [3.63, 3.8) is 0 Å². The van der Waals surface area contributed by atoms with Crippen LogP contribution in [0.2, 0.25) is 5.02 Å². The van der Waals surface area contributed by atoms with E-state index in [2.05, 4.69) is 48.9 Å². The summed E-state index contributed by atoms with van der Waals surface area (Å²) in [5, 5.41) is 15.4. The molecule has 0 saturated carbocycles. The van der Waals surface area contributed by atoms with Gasteiger partial charge in [-0.25, -0.2) is 4.98 Å². The molecule has 0 unspecified atom stereocenters. The highest BCUT2D eigenvalue weighted by Gasteiger charge is 2.12. The molecule has 0 spiro atoms. The smallest absolute Gasteiger partial charge is 0.282 e. The van der Waals surface area contributed by atoms with E-state index in [0.29, 0.717) is 38.2 Å². The molecule has 0 saturated heterocycles. The van der Waals surface area contributed by atoms with Gasteiger partial charge in [0.05, 0.1) is 21.6 Å². The lowest BCUT2D eigenvalue weighted by molar-refractivity contribution is 0.471. The van der Waals surface area contributed by atoms with Crippen molar-refractivity contribution in [3.05, 3.63) is 66.0 Å². The highest BCUT2D eigenvalue weighted by atomic mass is 79.9. The molecule has 5 nitrogen and oxygen atoms in total. The van der Waals surface area contributed by atoms with Gasteiger partial charge >= 0.3 is 0 Å². The minimum atomic E-state index is -0.260. The first-order valence-corrected chi connectivity index (χ1v) is 10.3. The van der Waals surface area contributed by atoms with Crippen LogP contribution < -0.4 is 5.56 Å². The lowest BCUT2D eigenvalue weighted by Gasteiger charge is -2.09. The Morgan fingerprint density at radius 2 is 2.07 bits per heavy atom. The summed E-state index contributed by atoms with van der Waals surface area (Å²) in [7, 11) is 0. The molecule has 3 aromatic rings. The lowest BCUT2D eigenvalue weighted by Crippen LogP contribution is -2.22. The average molecular weight is 514 g/mol. The molecule has 8 heteroatoms. The van der Waals surface area contributed by atoms with Gasteiger partial charge in [-0.1, -0.05) is 40.9 Å². The second-order valence-electron chi connectivity index (χ2n) is 5.98. The Morgan fingerprint density at radius 1 is 1.30 bits per heavy atom. The fourth-order valence-corrected chi connectivity index (χ4v) is 3.81. The summed E-state index contributed by atoms with van der Waals surface area (Å²) < 4.78 is 2.54. The Kier molecular flexibility index (Phi) is 6.34. The van der Waals surface area contributed by atoms with Crippen LogP contribution >= 0.6 is 43.5 Å². The Morgan fingerprint density at radius 3 is 2.81 bits per heavy atom. The minimum absolute atomic E-state index is 0.00259. The summed E-state index contributed by atoms with van der Waals surface area (Å²) in [5.74, 6) is 0.580. The molecule has 2 aromatic carbocycles. The molecule has 27 heavy (non-hydrogen) atoms. The van der Waals surface area contributed by atoms with Crippen molar-refractivity contribution < 1.29 is 5.11 Å². The highest BCUT2D eigenvalue weighted by Crippen LogP contribution is 2.30. The molecule has 0 radical (unpaired) electrons. The second kappa shape index (κ2) is 8.54. The van der Waals surface area contributed by atoms with Gasteiger partial charge in [0.2, 0.25) is 0 Å². The fourth-order valence-electron chi connectivity index (χ4n) is 2.61. The van der Waals surface area contributed by atoms with Gasteiger partial charge in [-0.05, 0) is 52.7 Å². The monoisotopic (exact) mass is 511 g/mol. The number of hydrogen-bond acceptors (Lipinski definition) is 4. The van der Waals surface area contributed by atoms with E-state index in [-0.39, 0.29) is 11.3 Å². The van der Waals surface area contributed by atoms with E-state index < -0.39 is 0 Å². The largest absolute Gasteiger partial charge is 0.506 e. The van der Waals surface area contributed by atoms with E-state index in [1.54, 1.807) is 18.2 Å². The first kappa shape index (κ1) is 20.0. The summed E-state index contributed by atoms with van der Waals surface area (Å²) >= 11 is 12.7. The van der Waals surface area contributed by atoms with Crippen molar-refractivity contribution in [1.29, 1.82) is 0 Å². The Balaban J connectivity index is 2.17. The second-order valence-corrected chi connectivity index (χ2v) is 8.19. The standard InChI is InChI=1S/C19H16Br2ClN3O2/c1-2-3-4-17-24-16-6-5-12(20)8-14(16)19(27)25(17)23-10-11-7-13(22)9-15(21)18(11)26/h5-10,26H,2-4H2,1H3. The number of benzene rings is 2. The third kappa shape index (κ3) is 4.42. The lowest BCUT2D eigenvalue weighted by atomic mass is 10.2. The molecule has 0 aliphatic heterocycles. The molecule has 1 heterocycles. The normalized spacial score (nSPS) is 11.6. The van der Waals surface area contributed by atoms with Crippen LogP contribution in [0.1, 0.15) is 31.2 Å². The number of hydrogen-bond donors (Lipinski definition) is 1. The average Bonchev–Trinajstić information content (AvgIpc) is 2.63. The van der Waals surface area contributed by atoms with Gasteiger partial charge < -0.3 is 5.11 Å². The van der Waals surface area contributed by atoms with Crippen LogP contribution in [0.25, 0.3) is 10.9 Å². The van der Waals surface area contributed by atoms with E-state index in [4.69, 9.17) is 11.6 Å². The van der Waals surface area contributed by atoms with Crippen LogP contribution in [0.15, 0.2) is 49.2 Å². The number of aryl methyl sites for hydroxylation is 1. The first-order valence-electron chi connectivity index (χ1n) is 8.34. The van der Waals surface area contributed by atoms with E-state index in [0.717, 1.165) is 17.3 Å². The maximum Gasteiger partial charge on any atom is 0.282 e. The number of rotatable bonds is 5. The fraction of sp³-hybridized carbons (Fsp3) is 0.211. The van der Waals surface area contributed by atoms with E-state index in [1.807, 2.05) is 12.1 Å². The SMILES string of the molecule is CCCCc1nc2ccc(Br)cc2c(=O)n1N=Cc1cc(Cl)cc(Br)c1O. The third-order valence-corrected chi connectivity index (χ3v) is 5.32. The molecule has 1 N–H and O–H groups in total. The van der Waals surface area contributed by atoms with Crippen molar-refractivity contribution in [2.45, 2.75) is 26.2 Å². The molecule has 3 rings (SSSR count). The van der Waals surface area contributed by atoms with Gasteiger partial charge in [0, 0.05) is 21.5 Å². The molecule has 0 amide bonds. The van der Waals surface area contributed by atoms with Gasteiger partial charge in [-0.2, -0.15) is 9.78 Å². The zero-order valence-electron chi connectivity index (χ0n) is 14.4. The zero-order chi connectivity index (χ0) is 19.6. The summed E-state index contributed by atoms with van der Waals surface area (Å²) in [5.41, 5.74) is 0.774. The van der Waals surface area contributed by atoms with Crippen LogP contribution in [0.4, 0.5) is 0 Å². The molecule has 0 bridgehead atoms. The maximum absolute atomic E-state index is 13.0. The van der Waals surface area contributed by atoms with Crippen molar-refractivity contribution in [1.82, 2.24) is 9.66 Å². The summed E-state index contributed by atoms with van der Waals surface area (Å²) in [4.78, 5) is 17.6. The van der Waals surface area contributed by atoms with E-state index >= 15 is 0 Å². The predicted molar refractivity (Wildman–Crippen MR) is 116 cm³/mol. The van der Waals surface area contributed by atoms with Gasteiger partial charge in [0.15, 0.2) is 0 Å². The minimum Gasteiger partial charge on any atom is -0.506 e. The number of nitrogens with zero attached hydrogens (tertiary/aromatic N) is 3. The molecular weight excluding hydrogens is 497 g/mol. The molecule has 0 aliphatic rings. The van der Waals surface area contributed by atoms with Crippen LogP contribution in [-0.4, -0.2) is 21.0 Å². The third-order valence-electron chi connectivity index (χ3n) is 4.00. The number of phenols is 1. The molecule has 0 atom stereocenters. The van der Waals surface area contributed by atoms with Gasteiger partial charge in [-0.15, -0.1) is 0 Å². The van der Waals surface area contributed by atoms with Crippen LogP contribution in [0.3, 0.4) is 0 Å². The van der Waals surface area contributed by atoms with Gasteiger partial charge in [-0.3, -0.25) is 4.79 Å². The molecule has 140 valence electrons. The Hall–Kier alpha value is -1.70. The molecule has 1 aromatic heterocycles. The molecule has 0 fully saturated rings. The predicted octanol–water partition coefficient (Wildman–Crippen LogP) is 5.51. The number of fused-ring (bicyclic) bond motifs is 1. The molecule has 0 aliphatic carbocycles. The summed E-state index contributed by atoms with van der Waals surface area (Å²) in [6, 6.07) is 8.56. The van der Waals surface area contributed by atoms with Crippen molar-refractivity contribution >= 4 is 60.6 Å². The summed E-state index contributed by atoms with van der Waals surface area (Å²) in [6.07, 6.45) is 3.90. The summed E-state index contributed by atoms with van der Waals surface area (Å²) in [6.45, 7) is 2.07. The van der Waals surface area contributed by atoms with Gasteiger partial charge in [0.1, 0.15) is 11.6 Å². The van der Waals surface area contributed by atoms with E-state index in [1.165, 1.54) is 10.9 Å². The van der Waals surface area contributed by atoms with Crippen molar-refractivity contribution in [2.75, 3.05) is 0 Å². The molecular formula is C19H16Br2ClN3O2. The van der Waals surface area contributed by atoms with Gasteiger partial charge in [0.25, 0.3) is 5.56 Å². The van der Waals surface area contributed by atoms with Crippen molar-refractivity contribution in [3.8, 4) is 5.75 Å². The van der Waals surface area contributed by atoms with E-state index in [9.17, 15) is 9.90 Å². The number of halogens is 3. The quantitative estimate of drug-likeness (QED) is 0.458. The Labute approximate surface area is 178 Å². The number of unbranched alkanes of at least 4 members (excludes halogenated alkanes) is 1. The zero-order valence-corrected chi connectivity index (χ0v) is 18.3. The topological polar surface area (TPSA) is 67.5 Å². The highest BCUT2D eigenvalue weighted by molar-refractivity contribution is 9.10. The van der Waals surface area contributed by atoms with Crippen LogP contribution in [-0.2, 0) is 6.42 Å².